The van der Waals surface area contributed by atoms with Crippen molar-refractivity contribution in [2.24, 2.45) is 5.92 Å². The van der Waals surface area contributed by atoms with Crippen molar-refractivity contribution in [2.75, 3.05) is 18.9 Å². The van der Waals surface area contributed by atoms with Crippen molar-refractivity contribution in [3.05, 3.63) is 64.5 Å². The summed E-state index contributed by atoms with van der Waals surface area (Å²) in [6.07, 6.45) is 2.55. The lowest BCUT2D eigenvalue weighted by Crippen LogP contribution is -2.46. The molecule has 2 fully saturated rings. The van der Waals surface area contributed by atoms with E-state index >= 15 is 4.39 Å². The number of hydrogen-bond acceptors (Lipinski definition) is 8. The van der Waals surface area contributed by atoms with Crippen molar-refractivity contribution in [3.63, 3.8) is 0 Å². The third kappa shape index (κ3) is 3.94. The number of carbonyl (C=O) groups excluding carboxylic acids is 2. The number of thiophene rings is 1. The lowest BCUT2D eigenvalue weighted by atomic mass is 9.92. The molecular formula is C29H19ClF3N7O3S. The monoisotopic (exact) mass is 637 g/mol. The van der Waals surface area contributed by atoms with Crippen LogP contribution in [0.25, 0.3) is 21.2 Å². The average molecular weight is 638 g/mol. The molecular weight excluding hydrogens is 619 g/mol. The van der Waals surface area contributed by atoms with Crippen LogP contribution in [0.2, 0.25) is 5.02 Å². The number of anilines is 1. The van der Waals surface area contributed by atoms with Gasteiger partial charge in [0, 0.05) is 35.9 Å². The molecule has 0 saturated carbocycles. The molecule has 2 N–H and O–H groups in total. The van der Waals surface area contributed by atoms with Gasteiger partial charge in [-0.25, -0.2) is 18.6 Å². The molecule has 15 heteroatoms. The Kier molecular flexibility index (Phi) is 6.46. The van der Waals surface area contributed by atoms with E-state index in [9.17, 15) is 28.9 Å². The Bertz CT molecular complexity index is 2000. The smallest absolute Gasteiger partial charge is 0.330 e. The summed E-state index contributed by atoms with van der Waals surface area (Å²) in [5, 5.41) is 19.5. The number of nitrogens with two attached hydrogens (primary N) is 1. The fourth-order valence-electron chi connectivity index (χ4n) is 6.79. The Morgan fingerprint density at radius 1 is 1.18 bits per heavy atom. The highest BCUT2D eigenvalue weighted by Crippen LogP contribution is 2.49. The minimum atomic E-state index is -0.896. The highest BCUT2D eigenvalue weighted by molar-refractivity contribution is 7.23. The number of likely N-dealkylation sites (tertiary alicyclic amines) is 1. The van der Waals surface area contributed by atoms with Gasteiger partial charge in [0.2, 0.25) is 5.95 Å². The molecule has 3 aliphatic rings. The van der Waals surface area contributed by atoms with Crippen LogP contribution in [-0.4, -0.2) is 62.6 Å². The second-order valence-corrected chi connectivity index (χ2v) is 12.2. The molecule has 4 aromatic rings. The van der Waals surface area contributed by atoms with Crippen LogP contribution in [0, 0.1) is 46.2 Å². The third-order valence-corrected chi connectivity index (χ3v) is 10.0. The van der Waals surface area contributed by atoms with Crippen molar-refractivity contribution in [1.29, 1.82) is 10.5 Å². The summed E-state index contributed by atoms with van der Waals surface area (Å²) in [5.74, 6) is -3.32. The zero-order valence-corrected chi connectivity index (χ0v) is 24.0. The summed E-state index contributed by atoms with van der Waals surface area (Å²) in [4.78, 5) is 33.6. The number of hydrogen-bond donors (Lipinski definition) is 1. The maximum atomic E-state index is 16.0. The molecule has 3 aliphatic heterocycles. The van der Waals surface area contributed by atoms with Crippen LogP contribution in [-0.2, 0) is 0 Å². The number of nitrogen functional groups attached to an aromatic ring is 1. The molecule has 4 atom stereocenters. The number of aromatic nitrogens is 2. The molecule has 0 bridgehead atoms. The van der Waals surface area contributed by atoms with E-state index in [1.807, 2.05) is 6.07 Å². The first-order valence-electron chi connectivity index (χ1n) is 13.4. The van der Waals surface area contributed by atoms with Gasteiger partial charge in [-0.1, -0.05) is 17.7 Å². The number of halogens is 4. The first-order valence-corrected chi connectivity index (χ1v) is 14.6. The highest BCUT2D eigenvalue weighted by Gasteiger charge is 2.55. The molecule has 2 aromatic carbocycles. The number of benzene rings is 2. The quantitative estimate of drug-likeness (QED) is 0.304. The van der Waals surface area contributed by atoms with Gasteiger partial charge in [-0.05, 0) is 24.1 Å². The molecule has 7 rings (SSSR count). The van der Waals surface area contributed by atoms with Crippen molar-refractivity contribution in [3.8, 4) is 29.0 Å². The summed E-state index contributed by atoms with van der Waals surface area (Å²) in [6.45, 7) is 0.120. The molecule has 10 nitrogen and oxygen atoms in total. The first-order chi connectivity index (χ1) is 21.1. The number of fused-ring (bicyclic) bond motifs is 5. The summed E-state index contributed by atoms with van der Waals surface area (Å²) in [5.41, 5.74) is 5.75. The summed E-state index contributed by atoms with van der Waals surface area (Å²) in [7, 11) is 0. The van der Waals surface area contributed by atoms with Crippen molar-refractivity contribution < 1.29 is 27.5 Å². The minimum Gasteiger partial charge on any atom is -0.491 e. The lowest BCUT2D eigenvalue weighted by Gasteiger charge is -2.32. The van der Waals surface area contributed by atoms with Gasteiger partial charge in [0.15, 0.2) is 5.75 Å². The molecule has 2 aromatic heterocycles. The minimum absolute atomic E-state index is 0.0154. The Morgan fingerprint density at radius 2 is 1.98 bits per heavy atom. The molecule has 2 saturated heterocycles. The maximum absolute atomic E-state index is 16.0. The average Bonchev–Trinajstić information content (AvgIpc) is 3.75. The number of rotatable bonds is 1. The molecule has 0 spiro atoms. The Labute approximate surface area is 256 Å². The van der Waals surface area contributed by atoms with Crippen LogP contribution in [0.3, 0.4) is 0 Å². The topological polar surface area (TPSA) is 141 Å². The van der Waals surface area contributed by atoms with Gasteiger partial charge < -0.3 is 20.3 Å². The van der Waals surface area contributed by atoms with E-state index < -0.39 is 47.6 Å². The number of amides is 2. The van der Waals surface area contributed by atoms with Crippen molar-refractivity contribution in [2.45, 2.75) is 31.0 Å². The molecule has 222 valence electrons. The fourth-order valence-corrected chi connectivity index (χ4v) is 8.09. The van der Waals surface area contributed by atoms with E-state index in [0.717, 1.165) is 40.6 Å². The molecule has 0 aliphatic carbocycles. The number of ether oxygens (including phenoxy) is 1. The van der Waals surface area contributed by atoms with Crippen LogP contribution in [0.5, 0.6) is 5.75 Å². The van der Waals surface area contributed by atoms with E-state index in [1.54, 1.807) is 0 Å². The lowest BCUT2D eigenvalue weighted by molar-refractivity contribution is 0.0654. The van der Waals surface area contributed by atoms with Gasteiger partial charge in [0.05, 0.1) is 45.8 Å². The van der Waals surface area contributed by atoms with Gasteiger partial charge in [-0.15, -0.1) is 11.3 Å². The number of nitriles is 2. The van der Waals surface area contributed by atoms with E-state index in [1.165, 1.54) is 15.9 Å². The van der Waals surface area contributed by atoms with Crippen LogP contribution in [0.1, 0.15) is 28.8 Å². The molecule has 2 amide bonds. The Hall–Kier alpha value is -4.79. The summed E-state index contributed by atoms with van der Waals surface area (Å²) in [6, 6.07) is 5.07. The normalized spacial score (nSPS) is 22.5. The largest absolute Gasteiger partial charge is 0.491 e. The van der Waals surface area contributed by atoms with Crippen molar-refractivity contribution in [1.82, 2.24) is 19.4 Å². The van der Waals surface area contributed by atoms with Gasteiger partial charge in [0.25, 0.3) is 5.91 Å². The second-order valence-electron chi connectivity index (χ2n) is 10.7. The summed E-state index contributed by atoms with van der Waals surface area (Å²) < 4.78 is 51.2. The van der Waals surface area contributed by atoms with E-state index in [4.69, 9.17) is 22.1 Å². The van der Waals surface area contributed by atoms with Gasteiger partial charge >= 0.3 is 6.03 Å². The van der Waals surface area contributed by atoms with E-state index in [2.05, 4.69) is 11.1 Å². The molecule has 4 unspecified atom stereocenters. The van der Waals surface area contributed by atoms with E-state index in [0.29, 0.717) is 6.42 Å². The fraction of sp³-hybridized carbons (Fsp3) is 0.276. The second kappa shape index (κ2) is 10.1. The predicted octanol–water partition coefficient (Wildman–Crippen LogP) is 5.15. The van der Waals surface area contributed by atoms with Gasteiger partial charge in [-0.2, -0.15) is 14.9 Å². The number of nitrogens with zero attached hydrogens (tertiary/aromatic N) is 6. The molecule has 44 heavy (non-hydrogen) atoms. The SMILES string of the molecule is N#Cc1c(N)sc2c(F)ccc(-c3c(F)cc4c(c3Cl)OCCC3C5CC(C#N)N(C(=O)n6cnc(F)c6)C5CN3C4=O)c12. The molecule has 0 radical (unpaired) electrons. The maximum Gasteiger partial charge on any atom is 0.330 e. The summed E-state index contributed by atoms with van der Waals surface area (Å²) >= 11 is 7.60. The number of carbonyl (C=O) groups is 2. The van der Waals surface area contributed by atoms with Crippen LogP contribution >= 0.6 is 22.9 Å². The Balaban J connectivity index is 1.29. The predicted molar refractivity (Wildman–Crippen MR) is 152 cm³/mol. The van der Waals surface area contributed by atoms with Gasteiger partial charge in [0.1, 0.15) is 35.1 Å². The van der Waals surface area contributed by atoms with Crippen LogP contribution in [0.15, 0.2) is 30.7 Å². The van der Waals surface area contributed by atoms with Crippen molar-refractivity contribution >= 4 is 50.0 Å². The van der Waals surface area contributed by atoms with Crippen LogP contribution in [0.4, 0.5) is 23.0 Å². The zero-order valence-electron chi connectivity index (χ0n) is 22.4. The van der Waals surface area contributed by atoms with E-state index in [-0.39, 0.29) is 73.6 Å². The standard InChI is InChI=1S/C29H19ClF3N7O3S/c30-24-23(13-1-2-17(31)26-22(13)16(8-35)27(36)44-26)18(32)6-15-25(24)43-4-3-19-14-5-12(7-34)40(20(14)9-39(19)28(15)41)29(42)38-10-21(33)37-11-38/h1-2,6,10-12,14,19-20H,3-5,9,36H2. The first kappa shape index (κ1) is 28.0. The molecule has 5 heterocycles. The number of imidazole rings is 1. The Morgan fingerprint density at radius 3 is 2.68 bits per heavy atom. The van der Waals surface area contributed by atoms with Gasteiger partial charge in [-0.3, -0.25) is 9.36 Å². The third-order valence-electron chi connectivity index (χ3n) is 8.63. The van der Waals surface area contributed by atoms with Crippen LogP contribution < -0.4 is 10.5 Å². The zero-order chi connectivity index (χ0) is 31.0. The highest BCUT2D eigenvalue weighted by atomic mass is 35.5.